The number of esters is 1. The average molecular weight is 385 g/mol. The third-order valence-corrected chi connectivity index (χ3v) is 6.09. The molecule has 0 amide bonds. The van der Waals surface area contributed by atoms with Gasteiger partial charge in [-0.05, 0) is 37.5 Å². The molecule has 0 heterocycles. The fraction of sp³-hybridized carbons (Fsp3) is 0.632. The lowest BCUT2D eigenvalue weighted by atomic mass is 10.2. The van der Waals surface area contributed by atoms with E-state index >= 15 is 0 Å². The van der Waals surface area contributed by atoms with Crippen molar-refractivity contribution >= 4 is 21.7 Å². The third kappa shape index (κ3) is 6.29. The lowest BCUT2D eigenvalue weighted by molar-refractivity contribution is 0.0499. The van der Waals surface area contributed by atoms with Crippen molar-refractivity contribution < 1.29 is 17.9 Å². The molecule has 2 N–H and O–H groups in total. The Bertz CT molecular complexity index is 666. The Kier molecular flexibility index (Phi) is 9.65. The SMILES string of the molecule is CCCCOC(=O)c1ccc(S(=O)(=O)N(CCCC)CCCC)c(N)c1. The fourth-order valence-corrected chi connectivity index (χ4v) is 4.08. The van der Waals surface area contributed by atoms with Crippen LogP contribution in [0.4, 0.5) is 5.69 Å². The van der Waals surface area contributed by atoms with Crippen LogP contribution in [0.2, 0.25) is 0 Å². The van der Waals surface area contributed by atoms with Crippen molar-refractivity contribution in [2.45, 2.75) is 64.2 Å². The molecule has 7 heteroatoms. The second-order valence-electron chi connectivity index (χ2n) is 6.35. The van der Waals surface area contributed by atoms with E-state index in [-0.39, 0.29) is 16.1 Å². The predicted molar refractivity (Wildman–Crippen MR) is 105 cm³/mol. The molecule has 0 aliphatic heterocycles. The number of nitrogens with two attached hydrogens (primary N) is 1. The highest BCUT2D eigenvalue weighted by molar-refractivity contribution is 7.89. The molecule has 0 bridgehead atoms. The molecule has 0 aliphatic rings. The largest absolute Gasteiger partial charge is 0.462 e. The minimum atomic E-state index is -3.68. The van der Waals surface area contributed by atoms with Gasteiger partial charge in [0.2, 0.25) is 10.0 Å². The smallest absolute Gasteiger partial charge is 0.338 e. The minimum absolute atomic E-state index is 0.0508. The van der Waals surface area contributed by atoms with Crippen molar-refractivity contribution in [2.24, 2.45) is 0 Å². The summed E-state index contributed by atoms with van der Waals surface area (Å²) in [5.74, 6) is -0.483. The van der Waals surface area contributed by atoms with Crippen LogP contribution < -0.4 is 5.73 Å². The number of nitrogen functional groups attached to an aromatic ring is 1. The topological polar surface area (TPSA) is 89.7 Å². The highest BCUT2D eigenvalue weighted by Crippen LogP contribution is 2.25. The monoisotopic (exact) mass is 384 g/mol. The van der Waals surface area contributed by atoms with E-state index in [1.54, 1.807) is 0 Å². The molecule has 26 heavy (non-hydrogen) atoms. The van der Waals surface area contributed by atoms with Crippen molar-refractivity contribution in [1.29, 1.82) is 0 Å². The maximum Gasteiger partial charge on any atom is 0.338 e. The van der Waals surface area contributed by atoms with Gasteiger partial charge in [0, 0.05) is 13.1 Å². The number of hydrogen-bond donors (Lipinski definition) is 1. The van der Waals surface area contributed by atoms with Gasteiger partial charge in [-0.1, -0.05) is 40.0 Å². The highest BCUT2D eigenvalue weighted by atomic mass is 32.2. The number of sulfonamides is 1. The molecule has 0 unspecified atom stereocenters. The zero-order chi connectivity index (χ0) is 19.6. The number of ether oxygens (including phenoxy) is 1. The number of anilines is 1. The van der Waals surface area contributed by atoms with E-state index in [0.29, 0.717) is 19.7 Å². The first-order valence-electron chi connectivity index (χ1n) is 9.45. The van der Waals surface area contributed by atoms with Crippen LogP contribution in [0.15, 0.2) is 23.1 Å². The van der Waals surface area contributed by atoms with E-state index in [9.17, 15) is 13.2 Å². The Morgan fingerprint density at radius 1 is 1.04 bits per heavy atom. The summed E-state index contributed by atoms with van der Waals surface area (Å²) in [4.78, 5) is 12.1. The minimum Gasteiger partial charge on any atom is -0.462 e. The van der Waals surface area contributed by atoms with Crippen molar-refractivity contribution in [3.8, 4) is 0 Å². The maximum absolute atomic E-state index is 13.0. The third-order valence-electron chi connectivity index (χ3n) is 4.12. The zero-order valence-corrected chi connectivity index (χ0v) is 17.0. The molecule has 6 nitrogen and oxygen atoms in total. The quantitative estimate of drug-likeness (QED) is 0.336. The molecule has 148 valence electrons. The summed E-state index contributed by atoms with van der Waals surface area (Å²) in [5, 5.41) is 0. The molecular weight excluding hydrogens is 352 g/mol. The molecule has 0 fully saturated rings. The highest BCUT2D eigenvalue weighted by Gasteiger charge is 2.26. The molecule has 0 saturated carbocycles. The van der Waals surface area contributed by atoms with Crippen molar-refractivity contribution in [2.75, 3.05) is 25.4 Å². The van der Waals surface area contributed by atoms with E-state index in [2.05, 4.69) is 0 Å². The fourth-order valence-electron chi connectivity index (χ4n) is 2.46. The molecule has 1 rings (SSSR count). The van der Waals surface area contributed by atoms with E-state index in [4.69, 9.17) is 10.5 Å². The van der Waals surface area contributed by atoms with E-state index in [1.165, 1.54) is 22.5 Å². The Balaban J connectivity index is 3.02. The number of benzene rings is 1. The molecular formula is C19H32N2O4S. The van der Waals surface area contributed by atoms with Gasteiger partial charge in [-0.25, -0.2) is 13.2 Å². The van der Waals surface area contributed by atoms with E-state index in [0.717, 1.165) is 38.5 Å². The summed E-state index contributed by atoms with van der Waals surface area (Å²) >= 11 is 0. The predicted octanol–water partition coefficient (Wildman–Crippen LogP) is 3.82. The number of hydrogen-bond acceptors (Lipinski definition) is 5. The van der Waals surface area contributed by atoms with Gasteiger partial charge in [0.1, 0.15) is 4.90 Å². The Morgan fingerprint density at radius 2 is 1.62 bits per heavy atom. The molecule has 0 spiro atoms. The second kappa shape index (κ2) is 11.2. The summed E-state index contributed by atoms with van der Waals surface area (Å²) in [6.07, 6.45) is 5.14. The summed E-state index contributed by atoms with van der Waals surface area (Å²) in [6.45, 7) is 7.35. The lowest BCUT2D eigenvalue weighted by Crippen LogP contribution is -2.33. The standard InChI is InChI=1S/C19H32N2O4S/c1-4-7-12-21(13-8-5-2)26(23,24)18-11-10-16(15-17(18)20)19(22)25-14-9-6-3/h10-11,15H,4-9,12-14,20H2,1-3H3. The number of rotatable bonds is 12. The molecule has 1 aromatic carbocycles. The van der Waals surface area contributed by atoms with Crippen LogP contribution >= 0.6 is 0 Å². The first-order valence-corrected chi connectivity index (χ1v) is 10.9. The van der Waals surface area contributed by atoms with Gasteiger partial charge in [-0.15, -0.1) is 0 Å². The molecule has 0 aliphatic carbocycles. The van der Waals surface area contributed by atoms with Crippen LogP contribution in [0, 0.1) is 0 Å². The average Bonchev–Trinajstić information content (AvgIpc) is 2.61. The van der Waals surface area contributed by atoms with Gasteiger partial charge in [0.15, 0.2) is 0 Å². The first-order chi connectivity index (χ1) is 12.4. The molecule has 0 radical (unpaired) electrons. The van der Waals surface area contributed by atoms with Gasteiger partial charge >= 0.3 is 5.97 Å². The first kappa shape index (κ1) is 22.4. The maximum atomic E-state index is 13.0. The van der Waals surface area contributed by atoms with Crippen LogP contribution in [0.25, 0.3) is 0 Å². The molecule has 0 atom stereocenters. The Hall–Kier alpha value is -1.60. The Morgan fingerprint density at radius 3 is 2.12 bits per heavy atom. The van der Waals surface area contributed by atoms with Crippen molar-refractivity contribution in [3.63, 3.8) is 0 Å². The molecule has 1 aromatic rings. The number of carbonyl (C=O) groups is 1. The van der Waals surface area contributed by atoms with Crippen molar-refractivity contribution in [1.82, 2.24) is 4.31 Å². The van der Waals surface area contributed by atoms with Gasteiger partial charge < -0.3 is 10.5 Å². The van der Waals surface area contributed by atoms with Gasteiger partial charge in [0.05, 0.1) is 17.9 Å². The van der Waals surface area contributed by atoms with Crippen LogP contribution in [0.5, 0.6) is 0 Å². The van der Waals surface area contributed by atoms with E-state index in [1.807, 2.05) is 20.8 Å². The summed E-state index contributed by atoms with van der Waals surface area (Å²) in [7, 11) is -3.68. The lowest BCUT2D eigenvalue weighted by Gasteiger charge is -2.23. The summed E-state index contributed by atoms with van der Waals surface area (Å²) in [5.41, 5.74) is 6.33. The van der Waals surface area contributed by atoms with E-state index < -0.39 is 16.0 Å². The van der Waals surface area contributed by atoms with Crippen molar-refractivity contribution in [3.05, 3.63) is 23.8 Å². The molecule has 0 aromatic heterocycles. The normalized spacial score (nSPS) is 11.7. The van der Waals surface area contributed by atoms with Gasteiger partial charge in [-0.2, -0.15) is 4.31 Å². The van der Waals surface area contributed by atoms with Crippen LogP contribution in [0.1, 0.15) is 69.7 Å². The summed E-state index contributed by atoms with van der Waals surface area (Å²) < 4.78 is 32.6. The van der Waals surface area contributed by atoms with Crippen LogP contribution in [-0.4, -0.2) is 38.4 Å². The van der Waals surface area contributed by atoms with Crippen LogP contribution in [-0.2, 0) is 14.8 Å². The van der Waals surface area contributed by atoms with Gasteiger partial charge in [-0.3, -0.25) is 0 Å². The number of unbranched alkanes of at least 4 members (excludes halogenated alkanes) is 3. The Labute approximate surface area is 157 Å². The van der Waals surface area contributed by atoms with Gasteiger partial charge in [0.25, 0.3) is 0 Å². The second-order valence-corrected chi connectivity index (χ2v) is 8.26. The summed E-state index contributed by atoms with van der Waals surface area (Å²) in [6, 6.07) is 4.26. The molecule has 0 saturated heterocycles. The number of carbonyl (C=O) groups excluding carboxylic acids is 1. The zero-order valence-electron chi connectivity index (χ0n) is 16.2. The van der Waals surface area contributed by atoms with Crippen LogP contribution in [0.3, 0.4) is 0 Å². The number of nitrogens with zero attached hydrogens (tertiary/aromatic N) is 1.